The SMILES string of the molecule is Nc1ncc(F)c(Nc2c(Cl)cc(F)cc2Cl)n1. The highest BCUT2D eigenvalue weighted by Crippen LogP contribution is 2.33. The summed E-state index contributed by atoms with van der Waals surface area (Å²) in [6, 6.07) is 2.08. The summed E-state index contributed by atoms with van der Waals surface area (Å²) in [5, 5.41) is 2.53. The Morgan fingerprint density at radius 3 is 2.39 bits per heavy atom. The maximum Gasteiger partial charge on any atom is 0.222 e. The van der Waals surface area contributed by atoms with Crippen molar-refractivity contribution in [1.82, 2.24) is 9.97 Å². The van der Waals surface area contributed by atoms with Gasteiger partial charge in [-0.25, -0.2) is 13.8 Å². The van der Waals surface area contributed by atoms with Gasteiger partial charge in [0.1, 0.15) is 5.82 Å². The number of nitrogens with one attached hydrogen (secondary N) is 1. The molecule has 0 spiro atoms. The highest BCUT2D eigenvalue weighted by Gasteiger charge is 2.12. The van der Waals surface area contributed by atoms with Crippen molar-refractivity contribution in [3.05, 3.63) is 40.0 Å². The van der Waals surface area contributed by atoms with Crippen LogP contribution in [-0.4, -0.2) is 9.97 Å². The van der Waals surface area contributed by atoms with Crippen LogP contribution in [-0.2, 0) is 0 Å². The molecule has 2 aromatic rings. The van der Waals surface area contributed by atoms with E-state index in [9.17, 15) is 8.78 Å². The molecule has 4 nitrogen and oxygen atoms in total. The van der Waals surface area contributed by atoms with Gasteiger partial charge in [-0.05, 0) is 12.1 Å². The van der Waals surface area contributed by atoms with E-state index in [1.165, 1.54) is 0 Å². The monoisotopic (exact) mass is 290 g/mol. The van der Waals surface area contributed by atoms with Crippen LogP contribution in [0.3, 0.4) is 0 Å². The Labute approximate surface area is 111 Å². The minimum Gasteiger partial charge on any atom is -0.368 e. The van der Waals surface area contributed by atoms with E-state index < -0.39 is 11.6 Å². The van der Waals surface area contributed by atoms with Crippen LogP contribution < -0.4 is 11.1 Å². The summed E-state index contributed by atoms with van der Waals surface area (Å²) in [6.07, 6.45) is 0.899. The lowest BCUT2D eigenvalue weighted by Gasteiger charge is -2.10. The summed E-state index contributed by atoms with van der Waals surface area (Å²) >= 11 is 11.6. The largest absolute Gasteiger partial charge is 0.368 e. The molecular formula is C10H6Cl2F2N4. The van der Waals surface area contributed by atoms with E-state index in [1.54, 1.807) is 0 Å². The van der Waals surface area contributed by atoms with Gasteiger partial charge in [0.2, 0.25) is 5.95 Å². The number of nitrogens with two attached hydrogens (primary N) is 1. The quantitative estimate of drug-likeness (QED) is 0.890. The van der Waals surface area contributed by atoms with Gasteiger partial charge in [-0.15, -0.1) is 0 Å². The minimum atomic E-state index is -0.736. The van der Waals surface area contributed by atoms with Crippen LogP contribution >= 0.6 is 23.2 Å². The minimum absolute atomic E-state index is 0.00316. The van der Waals surface area contributed by atoms with Crippen LogP contribution in [0, 0.1) is 11.6 Å². The molecule has 0 radical (unpaired) electrons. The number of nitrogen functional groups attached to an aromatic ring is 1. The molecule has 2 rings (SSSR count). The maximum absolute atomic E-state index is 13.4. The van der Waals surface area contributed by atoms with Gasteiger partial charge in [0.05, 0.1) is 21.9 Å². The Hall–Kier alpha value is -1.66. The topological polar surface area (TPSA) is 63.8 Å². The zero-order valence-corrected chi connectivity index (χ0v) is 10.2. The Balaban J connectivity index is 2.43. The zero-order valence-electron chi connectivity index (χ0n) is 8.72. The van der Waals surface area contributed by atoms with Gasteiger partial charge < -0.3 is 11.1 Å². The average Bonchev–Trinajstić information content (AvgIpc) is 2.28. The Kier molecular flexibility index (Phi) is 3.49. The molecule has 0 fully saturated rings. The normalized spacial score (nSPS) is 10.4. The smallest absolute Gasteiger partial charge is 0.222 e. The standard InChI is InChI=1S/C10H6Cl2F2N4/c11-5-1-4(13)2-6(12)8(5)17-9-7(14)3-16-10(15)18-9/h1-3H,(H3,15,16,17,18). The molecule has 1 aromatic carbocycles. The number of rotatable bonds is 2. The summed E-state index contributed by atoms with van der Waals surface area (Å²) in [5.74, 6) is -1.65. The number of nitrogens with zero attached hydrogens (tertiary/aromatic N) is 2. The van der Waals surface area contributed by atoms with Gasteiger partial charge in [-0.3, -0.25) is 0 Å². The van der Waals surface area contributed by atoms with E-state index in [-0.39, 0.29) is 27.5 Å². The highest BCUT2D eigenvalue weighted by atomic mass is 35.5. The van der Waals surface area contributed by atoms with E-state index in [0.29, 0.717) is 0 Å². The lowest BCUT2D eigenvalue weighted by Crippen LogP contribution is -2.03. The molecule has 0 aliphatic carbocycles. The number of benzene rings is 1. The van der Waals surface area contributed by atoms with Crippen molar-refractivity contribution in [3.63, 3.8) is 0 Å². The van der Waals surface area contributed by atoms with Crippen LogP contribution in [0.25, 0.3) is 0 Å². The third-order valence-electron chi connectivity index (χ3n) is 2.01. The lowest BCUT2D eigenvalue weighted by atomic mass is 10.3. The first-order valence-corrected chi connectivity index (χ1v) is 5.42. The molecule has 3 N–H and O–H groups in total. The van der Waals surface area contributed by atoms with Gasteiger partial charge in [-0.1, -0.05) is 23.2 Å². The van der Waals surface area contributed by atoms with E-state index in [2.05, 4.69) is 15.3 Å². The molecule has 8 heteroatoms. The molecule has 0 aliphatic rings. The van der Waals surface area contributed by atoms with Gasteiger partial charge in [0.15, 0.2) is 11.6 Å². The van der Waals surface area contributed by atoms with Gasteiger partial charge in [0.25, 0.3) is 0 Å². The molecular weight excluding hydrogens is 285 g/mol. The number of halogens is 4. The molecule has 0 aliphatic heterocycles. The van der Waals surface area contributed by atoms with E-state index in [4.69, 9.17) is 28.9 Å². The van der Waals surface area contributed by atoms with E-state index >= 15 is 0 Å². The van der Waals surface area contributed by atoms with Crippen molar-refractivity contribution in [2.75, 3.05) is 11.1 Å². The summed E-state index contributed by atoms with van der Waals surface area (Å²) in [6.45, 7) is 0. The van der Waals surface area contributed by atoms with E-state index in [1.807, 2.05) is 0 Å². The molecule has 0 unspecified atom stereocenters. The molecule has 94 valence electrons. The lowest BCUT2D eigenvalue weighted by molar-refractivity contribution is 0.619. The fourth-order valence-electron chi connectivity index (χ4n) is 1.25. The van der Waals surface area contributed by atoms with Gasteiger partial charge >= 0.3 is 0 Å². The van der Waals surface area contributed by atoms with Crippen LogP contribution in [0.1, 0.15) is 0 Å². The fourth-order valence-corrected chi connectivity index (χ4v) is 1.80. The molecule has 18 heavy (non-hydrogen) atoms. The third-order valence-corrected chi connectivity index (χ3v) is 2.61. The summed E-state index contributed by atoms with van der Waals surface area (Å²) in [4.78, 5) is 7.11. The molecule has 0 saturated carbocycles. The Morgan fingerprint density at radius 2 is 1.78 bits per heavy atom. The van der Waals surface area contributed by atoms with Crippen molar-refractivity contribution in [3.8, 4) is 0 Å². The second kappa shape index (κ2) is 4.91. The first-order valence-electron chi connectivity index (χ1n) is 4.67. The summed E-state index contributed by atoms with van der Waals surface area (Å²) < 4.78 is 26.4. The van der Waals surface area contributed by atoms with Gasteiger partial charge in [0, 0.05) is 0 Å². The molecule has 0 bridgehead atoms. The van der Waals surface area contributed by atoms with Gasteiger partial charge in [-0.2, -0.15) is 4.98 Å². The third kappa shape index (κ3) is 2.60. The van der Waals surface area contributed by atoms with Crippen molar-refractivity contribution in [2.45, 2.75) is 0 Å². The number of hydrogen-bond donors (Lipinski definition) is 2. The molecule has 0 saturated heterocycles. The second-order valence-corrected chi connectivity index (χ2v) is 4.11. The molecule has 1 heterocycles. The zero-order chi connectivity index (χ0) is 13.3. The van der Waals surface area contributed by atoms with Crippen LogP contribution in [0.4, 0.5) is 26.2 Å². The first-order chi connectivity index (χ1) is 8.47. The molecule has 0 amide bonds. The van der Waals surface area contributed by atoms with E-state index in [0.717, 1.165) is 18.3 Å². The van der Waals surface area contributed by atoms with Crippen LogP contribution in [0.2, 0.25) is 10.0 Å². The summed E-state index contributed by atoms with van der Waals surface area (Å²) in [5.41, 5.74) is 5.46. The highest BCUT2D eigenvalue weighted by molar-refractivity contribution is 6.39. The van der Waals surface area contributed by atoms with Crippen molar-refractivity contribution < 1.29 is 8.78 Å². The van der Waals surface area contributed by atoms with Crippen LogP contribution in [0.15, 0.2) is 18.3 Å². The molecule has 1 aromatic heterocycles. The van der Waals surface area contributed by atoms with Crippen LogP contribution in [0.5, 0.6) is 0 Å². The number of anilines is 3. The predicted octanol–water partition coefficient (Wildman–Crippen LogP) is 3.39. The Bertz CT molecular complexity index is 583. The second-order valence-electron chi connectivity index (χ2n) is 3.29. The number of aromatic nitrogens is 2. The maximum atomic E-state index is 13.4. The van der Waals surface area contributed by atoms with Crippen molar-refractivity contribution >= 4 is 40.7 Å². The fraction of sp³-hybridized carbons (Fsp3) is 0. The number of hydrogen-bond acceptors (Lipinski definition) is 4. The van der Waals surface area contributed by atoms with Crippen molar-refractivity contribution in [2.24, 2.45) is 0 Å². The average molecular weight is 291 g/mol. The van der Waals surface area contributed by atoms with Crippen molar-refractivity contribution in [1.29, 1.82) is 0 Å². The Morgan fingerprint density at radius 1 is 1.17 bits per heavy atom. The summed E-state index contributed by atoms with van der Waals surface area (Å²) in [7, 11) is 0. The predicted molar refractivity (Wildman–Crippen MR) is 66.1 cm³/mol. The molecule has 0 atom stereocenters. The first kappa shape index (κ1) is 12.8.